The molecular formula is C9H9BrClF3N2O3. The van der Waals surface area contributed by atoms with E-state index in [0.29, 0.717) is 0 Å². The van der Waals surface area contributed by atoms with Gasteiger partial charge in [0.05, 0.1) is 11.3 Å². The fraction of sp³-hybridized carbons (Fsp3) is 0.333. The molecule has 5 nitrogen and oxygen atoms in total. The molecule has 3 N–H and O–H groups in total. The zero-order valence-corrected chi connectivity index (χ0v) is 11.6. The molecule has 0 heterocycles. The average molecular weight is 366 g/mol. The van der Waals surface area contributed by atoms with E-state index in [1.165, 1.54) is 0 Å². The number of nitrogens with two attached hydrogens (primary N) is 1. The highest BCUT2D eigenvalue weighted by Gasteiger charge is 2.33. The Morgan fingerprint density at radius 2 is 2.00 bits per heavy atom. The second-order valence-electron chi connectivity index (χ2n) is 3.55. The van der Waals surface area contributed by atoms with E-state index < -0.39 is 35.0 Å². The Labute approximate surface area is 120 Å². The van der Waals surface area contributed by atoms with E-state index in [1.807, 2.05) is 0 Å². The molecule has 0 fully saturated rings. The maximum Gasteiger partial charge on any atom is 0.390 e. The van der Waals surface area contributed by atoms with Crippen LogP contribution in [0.15, 0.2) is 16.6 Å². The van der Waals surface area contributed by atoms with Crippen LogP contribution in [0.5, 0.6) is 5.75 Å². The quantitative estimate of drug-likeness (QED) is 0.634. The maximum absolute atomic E-state index is 12.2. The van der Waals surface area contributed by atoms with E-state index in [2.05, 4.69) is 15.9 Å². The monoisotopic (exact) mass is 364 g/mol. The molecule has 0 aliphatic rings. The summed E-state index contributed by atoms with van der Waals surface area (Å²) in [6.45, 7) is 0. The lowest BCUT2D eigenvalue weighted by molar-refractivity contribution is -0.386. The summed E-state index contributed by atoms with van der Waals surface area (Å²) in [5, 5.41) is 20.1. The van der Waals surface area contributed by atoms with Gasteiger partial charge in [0.1, 0.15) is 0 Å². The van der Waals surface area contributed by atoms with Crippen LogP contribution in [0.4, 0.5) is 18.9 Å². The lowest BCUT2D eigenvalue weighted by Crippen LogP contribution is -2.20. The van der Waals surface area contributed by atoms with Gasteiger partial charge in [-0.3, -0.25) is 10.1 Å². The Bertz CT molecular complexity index is 485. The third kappa shape index (κ3) is 4.84. The molecule has 0 aliphatic heterocycles. The van der Waals surface area contributed by atoms with Crippen LogP contribution in [0.3, 0.4) is 0 Å². The molecule has 0 saturated carbocycles. The van der Waals surface area contributed by atoms with E-state index in [1.54, 1.807) is 0 Å². The fourth-order valence-corrected chi connectivity index (χ4v) is 1.85. The van der Waals surface area contributed by atoms with Crippen molar-refractivity contribution >= 4 is 34.0 Å². The number of nitro benzene ring substituents is 1. The molecule has 19 heavy (non-hydrogen) atoms. The number of rotatable bonds is 3. The summed E-state index contributed by atoms with van der Waals surface area (Å²) in [6, 6.07) is 0.541. The molecule has 0 aromatic heterocycles. The van der Waals surface area contributed by atoms with Crippen molar-refractivity contribution in [2.24, 2.45) is 5.73 Å². The standard InChI is InChI=1S/C9H8BrF3N2O3.ClH/c10-4-1-5(6(14)3-9(11,12)13)8(16)7(2-4)15(17)18;/h1-2,6,16H,3,14H2;1H/t6-;/m0./s1. The molecule has 0 radical (unpaired) electrons. The van der Waals surface area contributed by atoms with Gasteiger partial charge in [0.15, 0.2) is 5.75 Å². The van der Waals surface area contributed by atoms with Gasteiger partial charge in [-0.2, -0.15) is 13.2 Å². The number of alkyl halides is 3. The highest BCUT2D eigenvalue weighted by atomic mass is 79.9. The largest absolute Gasteiger partial charge is 0.502 e. The molecule has 1 aromatic rings. The van der Waals surface area contributed by atoms with Crippen LogP contribution in [0.25, 0.3) is 0 Å². The number of aromatic hydroxyl groups is 1. The first-order valence-electron chi connectivity index (χ1n) is 4.61. The van der Waals surface area contributed by atoms with Gasteiger partial charge in [0.25, 0.3) is 0 Å². The number of nitrogens with zero attached hydrogens (tertiary/aromatic N) is 1. The summed E-state index contributed by atoms with van der Waals surface area (Å²) in [5.74, 6) is -0.847. The SMILES string of the molecule is Cl.N[C@@H](CC(F)(F)F)c1cc(Br)cc([N+](=O)[O-])c1O. The second-order valence-corrected chi connectivity index (χ2v) is 4.46. The number of halogens is 5. The number of phenolic OH excluding ortho intramolecular Hbond substituents is 1. The predicted octanol–water partition coefficient (Wildman–Crippen LogP) is 3.44. The Morgan fingerprint density at radius 3 is 2.42 bits per heavy atom. The minimum absolute atomic E-state index is 0. The third-order valence-corrected chi connectivity index (χ3v) is 2.59. The van der Waals surface area contributed by atoms with Gasteiger partial charge in [-0.15, -0.1) is 12.4 Å². The fourth-order valence-electron chi connectivity index (χ4n) is 1.39. The van der Waals surface area contributed by atoms with Crippen molar-refractivity contribution in [3.05, 3.63) is 32.3 Å². The third-order valence-electron chi connectivity index (χ3n) is 2.13. The molecular weight excluding hydrogens is 356 g/mol. The van der Waals surface area contributed by atoms with Crippen molar-refractivity contribution in [3.8, 4) is 5.75 Å². The van der Waals surface area contributed by atoms with Crippen LogP contribution in [-0.4, -0.2) is 16.2 Å². The van der Waals surface area contributed by atoms with Crippen molar-refractivity contribution in [1.82, 2.24) is 0 Å². The van der Waals surface area contributed by atoms with Crippen LogP contribution >= 0.6 is 28.3 Å². The number of benzene rings is 1. The molecule has 0 amide bonds. The zero-order chi connectivity index (χ0) is 14.1. The molecule has 0 aliphatic carbocycles. The first kappa shape index (κ1) is 17.9. The van der Waals surface area contributed by atoms with Gasteiger partial charge in [-0.05, 0) is 6.07 Å². The van der Waals surface area contributed by atoms with E-state index >= 15 is 0 Å². The molecule has 108 valence electrons. The minimum atomic E-state index is -4.52. The highest BCUT2D eigenvalue weighted by Crippen LogP contribution is 2.39. The number of hydrogen-bond acceptors (Lipinski definition) is 4. The minimum Gasteiger partial charge on any atom is -0.502 e. The lowest BCUT2D eigenvalue weighted by atomic mass is 10.0. The van der Waals surface area contributed by atoms with Gasteiger partial charge >= 0.3 is 11.9 Å². The van der Waals surface area contributed by atoms with Crippen LogP contribution < -0.4 is 5.73 Å². The Kier molecular flexibility index (Phi) is 6.04. The van der Waals surface area contributed by atoms with Gasteiger partial charge < -0.3 is 10.8 Å². The van der Waals surface area contributed by atoms with Crippen LogP contribution in [0.2, 0.25) is 0 Å². The normalized spacial score (nSPS) is 12.7. The van der Waals surface area contributed by atoms with Crippen molar-refractivity contribution < 1.29 is 23.2 Å². The zero-order valence-electron chi connectivity index (χ0n) is 9.15. The Hall–Kier alpha value is -1.06. The van der Waals surface area contributed by atoms with Crippen molar-refractivity contribution in [3.63, 3.8) is 0 Å². The lowest BCUT2D eigenvalue weighted by Gasteiger charge is -2.15. The number of phenols is 1. The summed E-state index contributed by atoms with van der Waals surface area (Å²) < 4.78 is 36.7. The van der Waals surface area contributed by atoms with E-state index in [0.717, 1.165) is 12.1 Å². The average Bonchev–Trinajstić information content (AvgIpc) is 2.17. The van der Waals surface area contributed by atoms with Gasteiger partial charge in [-0.1, -0.05) is 15.9 Å². The number of hydrogen-bond donors (Lipinski definition) is 2. The molecule has 1 rings (SSSR count). The van der Waals surface area contributed by atoms with Crippen LogP contribution in [-0.2, 0) is 0 Å². The van der Waals surface area contributed by atoms with E-state index in [9.17, 15) is 28.4 Å². The summed E-state index contributed by atoms with van der Waals surface area (Å²) in [7, 11) is 0. The Balaban J connectivity index is 0.00000324. The van der Waals surface area contributed by atoms with Gasteiger partial charge in [-0.25, -0.2) is 0 Å². The first-order chi connectivity index (χ1) is 8.11. The summed E-state index contributed by atoms with van der Waals surface area (Å²) in [6.07, 6.45) is -5.91. The highest BCUT2D eigenvalue weighted by molar-refractivity contribution is 9.10. The summed E-state index contributed by atoms with van der Waals surface area (Å²) in [4.78, 5) is 9.70. The molecule has 0 saturated heterocycles. The molecule has 10 heteroatoms. The van der Waals surface area contributed by atoms with Crippen molar-refractivity contribution in [2.45, 2.75) is 18.6 Å². The topological polar surface area (TPSA) is 89.4 Å². The maximum atomic E-state index is 12.2. The molecule has 0 bridgehead atoms. The first-order valence-corrected chi connectivity index (χ1v) is 5.40. The van der Waals surface area contributed by atoms with Crippen LogP contribution in [0, 0.1) is 10.1 Å². The molecule has 1 atom stereocenters. The molecule has 0 unspecified atom stereocenters. The summed E-state index contributed by atoms with van der Waals surface area (Å²) >= 11 is 2.91. The van der Waals surface area contributed by atoms with Crippen molar-refractivity contribution in [1.29, 1.82) is 0 Å². The second kappa shape index (κ2) is 6.40. The van der Waals surface area contributed by atoms with E-state index in [4.69, 9.17) is 5.73 Å². The number of nitro groups is 1. The van der Waals surface area contributed by atoms with E-state index in [-0.39, 0.29) is 22.4 Å². The predicted molar refractivity (Wildman–Crippen MR) is 67.3 cm³/mol. The Morgan fingerprint density at radius 1 is 1.47 bits per heavy atom. The summed E-state index contributed by atoms with van der Waals surface area (Å²) in [5.41, 5.74) is 4.27. The smallest absolute Gasteiger partial charge is 0.390 e. The van der Waals surface area contributed by atoms with Crippen LogP contribution in [0.1, 0.15) is 18.0 Å². The molecule has 0 spiro atoms. The van der Waals surface area contributed by atoms with Crippen molar-refractivity contribution in [2.75, 3.05) is 0 Å². The van der Waals surface area contributed by atoms with Gasteiger partial charge in [0, 0.05) is 22.1 Å². The van der Waals surface area contributed by atoms with Gasteiger partial charge in [0.2, 0.25) is 0 Å². The molecule has 1 aromatic carbocycles.